The lowest BCUT2D eigenvalue weighted by Crippen LogP contribution is -2.48. The first-order valence-corrected chi connectivity index (χ1v) is 11.5. The van der Waals surface area contributed by atoms with Crippen LogP contribution in [0.1, 0.15) is 35.3 Å². The highest BCUT2D eigenvalue weighted by Crippen LogP contribution is 2.17. The van der Waals surface area contributed by atoms with Crippen LogP contribution in [0.4, 0.5) is 5.69 Å². The number of halogens is 1. The molecule has 0 aliphatic rings. The number of nitro benzene ring substituents is 1. The molecule has 0 aliphatic heterocycles. The Morgan fingerprint density at radius 3 is 2.33 bits per heavy atom. The van der Waals surface area contributed by atoms with Crippen LogP contribution in [0.3, 0.4) is 0 Å². The zero-order valence-corrected chi connectivity index (χ0v) is 20.4. The zero-order chi connectivity index (χ0) is 26.1. The summed E-state index contributed by atoms with van der Waals surface area (Å²) in [5, 5.41) is 17.7. The average Bonchev–Trinajstić information content (AvgIpc) is 2.87. The Morgan fingerprint density at radius 1 is 1.06 bits per heavy atom. The van der Waals surface area contributed by atoms with E-state index in [-0.39, 0.29) is 23.8 Å². The minimum absolute atomic E-state index is 0.0252. The van der Waals surface area contributed by atoms with Crippen molar-refractivity contribution in [1.29, 1.82) is 0 Å². The summed E-state index contributed by atoms with van der Waals surface area (Å²) in [5.74, 6) is -0.469. The fourth-order valence-electron chi connectivity index (χ4n) is 3.17. The molecule has 0 bridgehead atoms. The number of carbonyl (C=O) groups excluding carboxylic acids is 2. The summed E-state index contributed by atoms with van der Waals surface area (Å²) in [6, 6.07) is 19.0. The van der Waals surface area contributed by atoms with Gasteiger partial charge in [0.25, 0.3) is 17.5 Å². The van der Waals surface area contributed by atoms with Crippen LogP contribution in [0.25, 0.3) is 0 Å². The van der Waals surface area contributed by atoms with Crippen molar-refractivity contribution < 1.29 is 19.2 Å². The van der Waals surface area contributed by atoms with Gasteiger partial charge < -0.3 is 10.1 Å². The van der Waals surface area contributed by atoms with Crippen molar-refractivity contribution in [2.75, 3.05) is 0 Å². The molecule has 0 aliphatic carbocycles. The molecule has 3 aromatic carbocycles. The maximum Gasteiger partial charge on any atom is 0.269 e. The molecule has 0 saturated carbocycles. The number of hydrogen-bond acceptors (Lipinski definition) is 6. The van der Waals surface area contributed by atoms with Gasteiger partial charge in [-0.05, 0) is 65.6 Å². The first kappa shape index (κ1) is 26.4. The van der Waals surface area contributed by atoms with E-state index in [4.69, 9.17) is 16.3 Å². The Balaban J connectivity index is 1.52. The van der Waals surface area contributed by atoms with Crippen molar-refractivity contribution in [3.63, 3.8) is 0 Å². The first-order valence-electron chi connectivity index (χ1n) is 11.1. The quantitative estimate of drug-likeness (QED) is 0.233. The molecule has 0 aromatic heterocycles. The van der Waals surface area contributed by atoms with E-state index < -0.39 is 22.8 Å². The number of ether oxygens (including phenoxy) is 1. The van der Waals surface area contributed by atoms with Crippen molar-refractivity contribution in [2.45, 2.75) is 26.5 Å². The topological polar surface area (TPSA) is 123 Å². The normalized spacial score (nSPS) is 11.8. The smallest absolute Gasteiger partial charge is 0.269 e. The van der Waals surface area contributed by atoms with Gasteiger partial charge in [0.05, 0.1) is 21.7 Å². The van der Waals surface area contributed by atoms with Gasteiger partial charge in [0, 0.05) is 12.1 Å². The Bertz CT molecular complexity index is 1240. The number of rotatable bonds is 10. The summed E-state index contributed by atoms with van der Waals surface area (Å²) in [5.41, 5.74) is 4.30. The highest BCUT2D eigenvalue weighted by molar-refractivity contribution is 6.33. The molecule has 2 N–H and O–H groups in total. The molecule has 1 atom stereocenters. The number of benzene rings is 3. The lowest BCUT2D eigenvalue weighted by Gasteiger charge is -2.20. The van der Waals surface area contributed by atoms with Gasteiger partial charge in [-0.3, -0.25) is 19.7 Å². The van der Waals surface area contributed by atoms with E-state index in [1.807, 2.05) is 13.8 Å². The third-order valence-corrected chi connectivity index (χ3v) is 5.50. The van der Waals surface area contributed by atoms with E-state index in [0.29, 0.717) is 10.8 Å². The van der Waals surface area contributed by atoms with E-state index in [1.165, 1.54) is 18.3 Å². The second kappa shape index (κ2) is 12.5. The van der Waals surface area contributed by atoms with E-state index in [2.05, 4.69) is 15.8 Å². The summed E-state index contributed by atoms with van der Waals surface area (Å²) in [6.07, 6.45) is 1.48. The predicted octanol–water partition coefficient (Wildman–Crippen LogP) is 4.73. The molecule has 36 heavy (non-hydrogen) atoms. The Labute approximate surface area is 213 Å². The summed E-state index contributed by atoms with van der Waals surface area (Å²) in [7, 11) is 0. The molecule has 2 amide bonds. The molecule has 0 heterocycles. The monoisotopic (exact) mass is 508 g/mol. The Morgan fingerprint density at radius 2 is 1.72 bits per heavy atom. The highest BCUT2D eigenvalue weighted by atomic mass is 35.5. The Hall–Kier alpha value is -4.24. The molecule has 1 unspecified atom stereocenters. The van der Waals surface area contributed by atoms with E-state index >= 15 is 0 Å². The minimum Gasteiger partial charge on any atom is -0.489 e. The van der Waals surface area contributed by atoms with E-state index in [0.717, 1.165) is 11.1 Å². The van der Waals surface area contributed by atoms with Gasteiger partial charge in [-0.25, -0.2) is 5.43 Å². The van der Waals surface area contributed by atoms with Crippen LogP contribution in [0, 0.1) is 16.0 Å². The maximum atomic E-state index is 12.6. The van der Waals surface area contributed by atoms with Gasteiger partial charge in [-0.15, -0.1) is 0 Å². The van der Waals surface area contributed by atoms with Crippen molar-refractivity contribution in [2.24, 2.45) is 11.0 Å². The molecule has 0 spiro atoms. The van der Waals surface area contributed by atoms with Crippen molar-refractivity contribution >= 4 is 35.3 Å². The van der Waals surface area contributed by atoms with Gasteiger partial charge in [0.15, 0.2) is 0 Å². The van der Waals surface area contributed by atoms with Crippen molar-refractivity contribution in [3.8, 4) is 5.75 Å². The van der Waals surface area contributed by atoms with Crippen molar-refractivity contribution in [3.05, 3.63) is 105 Å². The predicted molar refractivity (Wildman–Crippen MR) is 137 cm³/mol. The number of non-ortho nitro benzene ring substituents is 1. The number of hydrazone groups is 1. The van der Waals surface area contributed by atoms with Crippen LogP contribution in [0.5, 0.6) is 5.75 Å². The average molecular weight is 509 g/mol. The lowest BCUT2D eigenvalue weighted by atomic mass is 10.0. The number of nitro groups is 1. The molecular formula is C26H25ClN4O5. The molecule has 0 saturated heterocycles. The molecule has 3 rings (SSSR count). The molecular weight excluding hydrogens is 484 g/mol. The fraction of sp³-hybridized carbons (Fsp3) is 0.192. The van der Waals surface area contributed by atoms with E-state index in [9.17, 15) is 19.7 Å². The maximum absolute atomic E-state index is 12.6. The molecule has 0 fully saturated rings. The molecule has 186 valence electrons. The SMILES string of the molecule is CC(C)C(NC(=O)c1ccccc1Cl)C(=O)NN=Cc1ccc(OCc2ccc([N+](=O)[O-])cc2)cc1. The van der Waals surface area contributed by atoms with E-state index in [1.54, 1.807) is 60.7 Å². The third-order valence-electron chi connectivity index (χ3n) is 5.18. The standard InChI is InChI=1S/C26H25ClN4O5/c1-17(2)24(29-25(32)22-5-3-4-6-23(22)27)26(33)30-28-15-18-9-13-21(14-10-18)36-16-19-7-11-20(12-8-19)31(34)35/h3-15,17,24H,16H2,1-2H3,(H,29,32)(H,30,33). The van der Waals surface area contributed by atoms with Gasteiger partial charge in [0.1, 0.15) is 18.4 Å². The molecule has 3 aromatic rings. The Kier molecular flexibility index (Phi) is 9.13. The largest absolute Gasteiger partial charge is 0.489 e. The third kappa shape index (κ3) is 7.38. The molecule has 9 nitrogen and oxygen atoms in total. The second-order valence-electron chi connectivity index (χ2n) is 8.19. The highest BCUT2D eigenvalue weighted by Gasteiger charge is 2.25. The van der Waals surface area contributed by atoms with Crippen LogP contribution in [0.15, 0.2) is 77.9 Å². The molecule has 0 radical (unpaired) electrons. The van der Waals surface area contributed by atoms with Crippen molar-refractivity contribution in [1.82, 2.24) is 10.7 Å². The lowest BCUT2D eigenvalue weighted by molar-refractivity contribution is -0.384. The van der Waals surface area contributed by atoms with Crippen LogP contribution in [0.2, 0.25) is 5.02 Å². The fourth-order valence-corrected chi connectivity index (χ4v) is 3.39. The van der Waals surface area contributed by atoms with Gasteiger partial charge >= 0.3 is 0 Å². The van der Waals surface area contributed by atoms with Crippen LogP contribution in [-0.2, 0) is 11.4 Å². The van der Waals surface area contributed by atoms with Crippen LogP contribution in [-0.4, -0.2) is 29.0 Å². The minimum atomic E-state index is -0.805. The first-order chi connectivity index (χ1) is 17.2. The number of amides is 2. The zero-order valence-electron chi connectivity index (χ0n) is 19.7. The molecule has 10 heteroatoms. The summed E-state index contributed by atoms with van der Waals surface area (Å²) >= 11 is 6.08. The number of carbonyl (C=O) groups is 2. The number of nitrogens with one attached hydrogen (secondary N) is 2. The van der Waals surface area contributed by atoms with Crippen LogP contribution < -0.4 is 15.5 Å². The van der Waals surface area contributed by atoms with Gasteiger partial charge in [-0.1, -0.05) is 37.6 Å². The summed E-state index contributed by atoms with van der Waals surface area (Å²) in [4.78, 5) is 35.4. The summed E-state index contributed by atoms with van der Waals surface area (Å²) in [6.45, 7) is 3.89. The van der Waals surface area contributed by atoms with Crippen LogP contribution >= 0.6 is 11.6 Å². The van der Waals surface area contributed by atoms with Gasteiger partial charge in [0.2, 0.25) is 0 Å². The number of nitrogens with zero attached hydrogens (tertiary/aromatic N) is 2. The van der Waals surface area contributed by atoms with Gasteiger partial charge in [-0.2, -0.15) is 5.10 Å². The second-order valence-corrected chi connectivity index (χ2v) is 8.60. The number of hydrogen-bond donors (Lipinski definition) is 2. The summed E-state index contributed by atoms with van der Waals surface area (Å²) < 4.78 is 5.70.